The largest absolute Gasteiger partial charge is 0.496 e. The Balaban J connectivity index is 1.53. The van der Waals surface area contributed by atoms with Crippen LogP contribution in [0.1, 0.15) is 27.8 Å². The topological polar surface area (TPSA) is 87.6 Å². The predicted molar refractivity (Wildman–Crippen MR) is 101 cm³/mol. The van der Waals surface area contributed by atoms with Gasteiger partial charge >= 0.3 is 5.97 Å². The summed E-state index contributed by atoms with van der Waals surface area (Å²) in [6, 6.07) is 12.7. The van der Waals surface area contributed by atoms with Gasteiger partial charge in [0.05, 0.1) is 18.2 Å². The van der Waals surface area contributed by atoms with Gasteiger partial charge in [-0.25, -0.2) is 4.79 Å². The number of furan rings is 1. The van der Waals surface area contributed by atoms with Crippen molar-refractivity contribution in [3.05, 3.63) is 65.4 Å². The van der Waals surface area contributed by atoms with E-state index in [0.717, 1.165) is 22.1 Å². The highest BCUT2D eigenvalue weighted by atomic mass is 16.5. The smallest absolute Gasteiger partial charge is 0.339 e. The van der Waals surface area contributed by atoms with Crippen LogP contribution in [-0.4, -0.2) is 23.3 Å². The molecular weight excluding hydrogens is 360 g/mol. The van der Waals surface area contributed by atoms with Crippen molar-refractivity contribution >= 4 is 16.7 Å². The molecule has 0 bridgehead atoms. The number of carbonyl (C=O) groups is 1. The first kappa shape index (κ1) is 17.8. The predicted octanol–water partition coefficient (Wildman–Crippen LogP) is 4.47. The Morgan fingerprint density at radius 1 is 1.04 bits per heavy atom. The van der Waals surface area contributed by atoms with Crippen LogP contribution >= 0.6 is 0 Å². The van der Waals surface area contributed by atoms with Gasteiger partial charge in [-0.15, -0.1) is 10.2 Å². The van der Waals surface area contributed by atoms with Crippen LogP contribution in [0.5, 0.6) is 5.75 Å². The third-order valence-corrected chi connectivity index (χ3v) is 4.39. The molecule has 0 amide bonds. The number of rotatable bonds is 5. The second kappa shape index (κ2) is 7.19. The number of esters is 1. The number of aromatic nitrogens is 2. The second-order valence-corrected chi connectivity index (χ2v) is 6.26. The number of benzene rings is 2. The highest BCUT2D eigenvalue weighted by molar-refractivity contribution is 6.06. The third kappa shape index (κ3) is 3.22. The maximum Gasteiger partial charge on any atom is 0.339 e. The first-order valence-electron chi connectivity index (χ1n) is 8.69. The Kier molecular flexibility index (Phi) is 4.57. The lowest BCUT2D eigenvalue weighted by atomic mass is 10.0. The first-order chi connectivity index (χ1) is 13.6. The quantitative estimate of drug-likeness (QED) is 0.474. The molecule has 0 aliphatic carbocycles. The minimum absolute atomic E-state index is 0.123. The molecule has 0 atom stereocenters. The van der Waals surface area contributed by atoms with Crippen LogP contribution in [0.15, 0.2) is 51.3 Å². The van der Waals surface area contributed by atoms with Crippen molar-refractivity contribution in [2.45, 2.75) is 20.5 Å². The lowest BCUT2D eigenvalue weighted by molar-refractivity contribution is 0.0441. The van der Waals surface area contributed by atoms with Crippen molar-refractivity contribution in [1.82, 2.24) is 10.2 Å². The summed E-state index contributed by atoms with van der Waals surface area (Å²) in [5, 5.41) is 9.53. The van der Waals surface area contributed by atoms with Gasteiger partial charge in [0.25, 0.3) is 11.8 Å². The van der Waals surface area contributed by atoms with Gasteiger partial charge in [0.1, 0.15) is 17.3 Å². The van der Waals surface area contributed by atoms with Gasteiger partial charge in [-0.3, -0.25) is 0 Å². The highest BCUT2D eigenvalue weighted by Crippen LogP contribution is 2.29. The minimum Gasteiger partial charge on any atom is -0.496 e. The number of hydrogen-bond acceptors (Lipinski definition) is 7. The van der Waals surface area contributed by atoms with E-state index in [9.17, 15) is 4.79 Å². The van der Waals surface area contributed by atoms with Crippen molar-refractivity contribution in [2.24, 2.45) is 0 Å². The van der Waals surface area contributed by atoms with E-state index in [1.54, 1.807) is 19.2 Å². The van der Waals surface area contributed by atoms with Crippen LogP contribution in [0.2, 0.25) is 0 Å². The van der Waals surface area contributed by atoms with E-state index in [4.69, 9.17) is 18.3 Å². The number of methoxy groups -OCH3 is 1. The molecule has 142 valence electrons. The van der Waals surface area contributed by atoms with Crippen LogP contribution in [0.25, 0.3) is 22.2 Å². The Hall–Kier alpha value is -3.61. The molecule has 0 N–H and O–H groups in total. The zero-order valence-corrected chi connectivity index (χ0v) is 15.7. The van der Waals surface area contributed by atoms with E-state index in [1.165, 1.54) is 0 Å². The van der Waals surface area contributed by atoms with Crippen LogP contribution in [0.4, 0.5) is 0 Å². The van der Waals surface area contributed by atoms with Crippen molar-refractivity contribution in [3.63, 3.8) is 0 Å². The van der Waals surface area contributed by atoms with E-state index >= 15 is 0 Å². The van der Waals surface area contributed by atoms with Crippen molar-refractivity contribution in [3.8, 4) is 17.2 Å². The van der Waals surface area contributed by atoms with Gasteiger partial charge in [-0.1, -0.05) is 24.3 Å². The van der Waals surface area contributed by atoms with Gasteiger partial charge in [0.15, 0.2) is 6.61 Å². The van der Waals surface area contributed by atoms with Crippen molar-refractivity contribution < 1.29 is 23.1 Å². The zero-order chi connectivity index (χ0) is 19.7. The van der Waals surface area contributed by atoms with Gasteiger partial charge < -0.3 is 18.3 Å². The average Bonchev–Trinajstić information content (AvgIpc) is 3.30. The maximum atomic E-state index is 12.6. The number of aryl methyl sites for hydroxylation is 2. The Bertz CT molecular complexity index is 1160. The minimum atomic E-state index is -0.478. The van der Waals surface area contributed by atoms with Crippen LogP contribution in [0.3, 0.4) is 0 Å². The lowest BCUT2D eigenvalue weighted by Crippen LogP contribution is -2.06. The molecule has 0 saturated heterocycles. The summed E-state index contributed by atoms with van der Waals surface area (Å²) in [6.07, 6.45) is 0. The van der Waals surface area contributed by atoms with Crippen LogP contribution < -0.4 is 4.74 Å². The molecule has 0 radical (unpaired) electrons. The molecule has 0 aliphatic rings. The van der Waals surface area contributed by atoms with E-state index in [0.29, 0.717) is 23.0 Å². The molecule has 4 aromatic rings. The van der Waals surface area contributed by atoms with Gasteiger partial charge in [0.2, 0.25) is 0 Å². The number of ether oxygens (including phenoxy) is 2. The third-order valence-electron chi connectivity index (χ3n) is 4.39. The standard InChI is InChI=1S/C21H18N2O5/c1-12-10-17(13(2)27-12)20-23-22-19(28-20)11-26-21(24)16-8-9-18(25-3)15-7-5-4-6-14(15)16/h4-10H,11H2,1-3H3. The summed E-state index contributed by atoms with van der Waals surface area (Å²) in [7, 11) is 1.59. The van der Waals surface area contributed by atoms with Gasteiger partial charge in [0, 0.05) is 5.39 Å². The summed E-state index contributed by atoms with van der Waals surface area (Å²) < 4.78 is 21.8. The average molecular weight is 378 g/mol. The Morgan fingerprint density at radius 3 is 2.54 bits per heavy atom. The first-order valence-corrected chi connectivity index (χ1v) is 8.69. The number of carbonyl (C=O) groups excluding carboxylic acids is 1. The molecule has 0 aliphatic heterocycles. The molecule has 4 rings (SSSR count). The fraction of sp³-hybridized carbons (Fsp3) is 0.190. The maximum absolute atomic E-state index is 12.6. The summed E-state index contributed by atoms with van der Waals surface area (Å²) in [4.78, 5) is 12.6. The molecule has 0 spiro atoms. The SMILES string of the molecule is COc1ccc(C(=O)OCc2nnc(-c3cc(C)oc3C)o2)c2ccccc12. The Morgan fingerprint density at radius 2 is 1.82 bits per heavy atom. The molecule has 7 nitrogen and oxygen atoms in total. The van der Waals surface area contributed by atoms with Gasteiger partial charge in [-0.05, 0) is 37.4 Å². The molecule has 2 heterocycles. The number of nitrogens with zero attached hydrogens (tertiary/aromatic N) is 2. The molecule has 0 saturated carbocycles. The second-order valence-electron chi connectivity index (χ2n) is 6.26. The normalized spacial score (nSPS) is 11.0. The van der Waals surface area contributed by atoms with Gasteiger partial charge in [-0.2, -0.15) is 0 Å². The zero-order valence-electron chi connectivity index (χ0n) is 15.7. The molecule has 2 aromatic heterocycles. The monoisotopic (exact) mass is 378 g/mol. The van der Waals surface area contributed by atoms with Crippen molar-refractivity contribution in [1.29, 1.82) is 0 Å². The van der Waals surface area contributed by atoms with E-state index < -0.39 is 5.97 Å². The summed E-state index contributed by atoms with van der Waals surface area (Å²) in [5.74, 6) is 2.20. The fourth-order valence-electron chi connectivity index (χ4n) is 3.10. The van der Waals surface area contributed by atoms with Crippen molar-refractivity contribution in [2.75, 3.05) is 7.11 Å². The molecule has 28 heavy (non-hydrogen) atoms. The summed E-state index contributed by atoms with van der Waals surface area (Å²) in [5.41, 5.74) is 1.17. The fourth-order valence-corrected chi connectivity index (χ4v) is 3.10. The summed E-state index contributed by atoms with van der Waals surface area (Å²) >= 11 is 0. The Labute approximate surface area is 160 Å². The van der Waals surface area contributed by atoms with Crippen LogP contribution in [-0.2, 0) is 11.3 Å². The molecular formula is C21H18N2O5. The highest BCUT2D eigenvalue weighted by Gasteiger charge is 2.18. The molecule has 0 fully saturated rings. The number of fused-ring (bicyclic) bond motifs is 1. The molecule has 0 unspecified atom stereocenters. The van der Waals surface area contributed by atoms with Crippen LogP contribution in [0, 0.1) is 13.8 Å². The van der Waals surface area contributed by atoms with E-state index in [-0.39, 0.29) is 12.5 Å². The lowest BCUT2D eigenvalue weighted by Gasteiger charge is -2.09. The number of hydrogen-bond donors (Lipinski definition) is 0. The summed E-state index contributed by atoms with van der Waals surface area (Å²) in [6.45, 7) is 3.54. The molecule has 7 heteroatoms. The van der Waals surface area contributed by atoms with E-state index in [2.05, 4.69) is 10.2 Å². The molecule has 2 aromatic carbocycles. The van der Waals surface area contributed by atoms with E-state index in [1.807, 2.05) is 44.2 Å².